The van der Waals surface area contributed by atoms with Crippen molar-refractivity contribution in [1.82, 2.24) is 4.90 Å². The van der Waals surface area contributed by atoms with Gasteiger partial charge in [-0.25, -0.2) is 0 Å². The summed E-state index contributed by atoms with van der Waals surface area (Å²) in [6.07, 6.45) is 2.61. The van der Waals surface area contributed by atoms with E-state index in [0.717, 1.165) is 10.8 Å². The fourth-order valence-electron chi connectivity index (χ4n) is 6.77. The normalized spacial score (nSPS) is 29.8. The van der Waals surface area contributed by atoms with Crippen LogP contribution in [0.2, 0.25) is 0 Å². The molecule has 0 aromatic heterocycles. The van der Waals surface area contributed by atoms with E-state index in [9.17, 15) is 24.6 Å². The van der Waals surface area contributed by atoms with Gasteiger partial charge >= 0.3 is 5.97 Å². The zero-order valence-corrected chi connectivity index (χ0v) is 21.2. The van der Waals surface area contributed by atoms with Crippen molar-refractivity contribution in [3.05, 3.63) is 55.1 Å². The predicted molar refractivity (Wildman–Crippen MR) is 139 cm³/mol. The molecule has 37 heavy (non-hydrogen) atoms. The summed E-state index contributed by atoms with van der Waals surface area (Å²) in [5.41, 5.74) is -0.582. The third-order valence-corrected chi connectivity index (χ3v) is 8.72. The number of fused-ring (bicyclic) bond motifs is 2. The first-order chi connectivity index (χ1) is 17.8. The second kappa shape index (κ2) is 9.58. The summed E-state index contributed by atoms with van der Waals surface area (Å²) < 4.78 is 6.34. The van der Waals surface area contributed by atoms with Crippen molar-refractivity contribution in [2.24, 2.45) is 17.8 Å². The minimum Gasteiger partial charge on any atom is -0.481 e. The van der Waals surface area contributed by atoms with Crippen LogP contribution in [-0.2, 0) is 19.1 Å². The Bertz CT molecular complexity index is 1250. The molecule has 5 rings (SSSR count). The van der Waals surface area contributed by atoms with Crippen LogP contribution in [0.1, 0.15) is 33.1 Å². The summed E-state index contributed by atoms with van der Waals surface area (Å²) in [5, 5.41) is 22.4. The Hall–Kier alpha value is -3.23. The van der Waals surface area contributed by atoms with E-state index in [0.29, 0.717) is 24.9 Å². The quantitative estimate of drug-likeness (QED) is 0.506. The molecule has 7 atom stereocenters. The molecule has 8 nitrogen and oxygen atoms in total. The highest BCUT2D eigenvalue weighted by molar-refractivity contribution is 6.05. The number of likely N-dealkylation sites (tertiary alicyclic amines) is 1. The van der Waals surface area contributed by atoms with Gasteiger partial charge in [0, 0.05) is 12.2 Å². The molecule has 2 bridgehead atoms. The molecule has 0 saturated carbocycles. The molecule has 2 amide bonds. The summed E-state index contributed by atoms with van der Waals surface area (Å²) in [6, 6.07) is 11.9. The maximum Gasteiger partial charge on any atom is 0.310 e. The number of aliphatic carboxylic acids is 1. The minimum absolute atomic E-state index is 0.103. The fraction of sp³-hybridized carbons (Fsp3) is 0.483. The maximum absolute atomic E-state index is 14.5. The number of carbonyl (C=O) groups excluding carboxylic acids is 2. The molecule has 1 spiro atoms. The highest BCUT2D eigenvalue weighted by Crippen LogP contribution is 2.59. The Morgan fingerprint density at radius 3 is 2.65 bits per heavy atom. The number of carbonyl (C=O) groups is 3. The molecule has 3 fully saturated rings. The Kier molecular flexibility index (Phi) is 6.58. The predicted octanol–water partition coefficient (Wildman–Crippen LogP) is 3.23. The average Bonchev–Trinajstić information content (AvgIpc) is 3.54. The lowest BCUT2D eigenvalue weighted by Crippen LogP contribution is -2.60. The summed E-state index contributed by atoms with van der Waals surface area (Å²) in [7, 11) is 0. The third-order valence-electron chi connectivity index (χ3n) is 8.72. The molecule has 8 heteroatoms. The lowest BCUT2D eigenvalue weighted by atomic mass is 9.70. The number of amides is 2. The average molecular weight is 507 g/mol. The van der Waals surface area contributed by atoms with Crippen LogP contribution in [0, 0.1) is 17.8 Å². The van der Waals surface area contributed by atoms with Gasteiger partial charge in [0.2, 0.25) is 5.91 Å². The van der Waals surface area contributed by atoms with Crippen molar-refractivity contribution in [2.45, 2.75) is 56.9 Å². The Morgan fingerprint density at radius 1 is 1.27 bits per heavy atom. The number of ether oxygens (including phenoxy) is 1. The molecule has 2 aromatic carbocycles. The van der Waals surface area contributed by atoms with Gasteiger partial charge in [0.1, 0.15) is 11.6 Å². The summed E-state index contributed by atoms with van der Waals surface area (Å²) in [5.74, 6) is -3.92. The van der Waals surface area contributed by atoms with Crippen molar-refractivity contribution in [3.8, 4) is 0 Å². The molecule has 2 N–H and O–H groups in total. The van der Waals surface area contributed by atoms with E-state index >= 15 is 0 Å². The summed E-state index contributed by atoms with van der Waals surface area (Å²) >= 11 is 0. The van der Waals surface area contributed by atoms with Crippen LogP contribution in [0.15, 0.2) is 55.1 Å². The number of benzene rings is 2. The van der Waals surface area contributed by atoms with Crippen molar-refractivity contribution in [2.75, 3.05) is 18.1 Å². The second-order valence-corrected chi connectivity index (χ2v) is 10.5. The van der Waals surface area contributed by atoms with E-state index in [4.69, 9.17) is 4.74 Å². The molecule has 196 valence electrons. The van der Waals surface area contributed by atoms with E-state index < -0.39 is 47.5 Å². The molecule has 0 radical (unpaired) electrons. The van der Waals surface area contributed by atoms with Crippen LogP contribution in [0.25, 0.3) is 10.8 Å². The topological polar surface area (TPSA) is 107 Å². The van der Waals surface area contributed by atoms with Gasteiger partial charge in [0.15, 0.2) is 0 Å². The van der Waals surface area contributed by atoms with Crippen LogP contribution >= 0.6 is 0 Å². The van der Waals surface area contributed by atoms with Gasteiger partial charge in [-0.05, 0) is 41.7 Å². The monoisotopic (exact) mass is 506 g/mol. The molecular weight excluding hydrogens is 472 g/mol. The smallest absolute Gasteiger partial charge is 0.310 e. The third kappa shape index (κ3) is 3.77. The molecule has 3 heterocycles. The number of carboxylic acid groups (broad SMARTS) is 1. The van der Waals surface area contributed by atoms with Crippen LogP contribution in [-0.4, -0.2) is 69.8 Å². The molecular formula is C29H34N2O6. The van der Waals surface area contributed by atoms with E-state index in [2.05, 4.69) is 6.58 Å². The van der Waals surface area contributed by atoms with Gasteiger partial charge in [0.05, 0.1) is 30.6 Å². The molecule has 3 aliphatic heterocycles. The lowest BCUT2D eigenvalue weighted by Gasteiger charge is -2.41. The van der Waals surface area contributed by atoms with Gasteiger partial charge in [-0.1, -0.05) is 56.7 Å². The van der Waals surface area contributed by atoms with Crippen molar-refractivity contribution >= 4 is 34.2 Å². The van der Waals surface area contributed by atoms with Gasteiger partial charge in [0.25, 0.3) is 5.91 Å². The number of aliphatic hydroxyl groups is 1. The zero-order chi connectivity index (χ0) is 26.5. The van der Waals surface area contributed by atoms with Crippen molar-refractivity contribution in [1.29, 1.82) is 0 Å². The zero-order valence-electron chi connectivity index (χ0n) is 21.2. The minimum atomic E-state index is -1.24. The fourth-order valence-corrected chi connectivity index (χ4v) is 6.77. The van der Waals surface area contributed by atoms with E-state index in [1.54, 1.807) is 11.0 Å². The van der Waals surface area contributed by atoms with E-state index in [-0.39, 0.29) is 25.0 Å². The van der Waals surface area contributed by atoms with Gasteiger partial charge in [-0.2, -0.15) is 0 Å². The van der Waals surface area contributed by atoms with Crippen LogP contribution in [0.3, 0.4) is 0 Å². The van der Waals surface area contributed by atoms with Gasteiger partial charge < -0.3 is 24.7 Å². The van der Waals surface area contributed by atoms with Gasteiger partial charge in [-0.15, -0.1) is 6.58 Å². The van der Waals surface area contributed by atoms with Crippen LogP contribution in [0.5, 0.6) is 0 Å². The number of carboxylic acids is 1. The second-order valence-electron chi connectivity index (χ2n) is 10.5. The highest BCUT2D eigenvalue weighted by atomic mass is 16.5. The Balaban J connectivity index is 1.63. The van der Waals surface area contributed by atoms with Crippen LogP contribution in [0.4, 0.5) is 5.69 Å². The lowest BCUT2D eigenvalue weighted by molar-refractivity contribution is -0.151. The maximum atomic E-state index is 14.5. The van der Waals surface area contributed by atoms with Crippen molar-refractivity contribution < 1.29 is 29.3 Å². The van der Waals surface area contributed by atoms with E-state index in [1.807, 2.05) is 56.3 Å². The highest BCUT2D eigenvalue weighted by Gasteiger charge is 2.75. The van der Waals surface area contributed by atoms with Crippen LogP contribution < -0.4 is 4.90 Å². The SMILES string of the molecule is C=CCN(C(=O)[C@H]1N([C@@H](CO)[C@@H](C)CC)C(=O)[C@@H]2[C@@H](C(=O)O)[C@H]3CC[C@]21O3)c1ccc2ccccc2c1. The first kappa shape index (κ1) is 25.4. The number of nitrogens with zero attached hydrogens (tertiary/aromatic N) is 2. The standard InChI is InChI=1S/C29H34N2O6/c1-4-14-30(20-11-10-18-8-6-7-9-19(18)15-20)27(34)25-29-13-12-22(37-29)23(28(35)36)24(29)26(33)31(25)21(16-32)17(3)5-2/h4,6-11,15,17,21-25,32H,1,5,12-14,16H2,2-3H3,(H,35,36)/t17-,21-,22+,23-,24-,25+,29-/m0/s1. The van der Waals surface area contributed by atoms with E-state index in [1.165, 1.54) is 4.90 Å². The van der Waals surface area contributed by atoms with Gasteiger partial charge in [-0.3, -0.25) is 14.4 Å². The number of anilines is 1. The summed E-state index contributed by atoms with van der Waals surface area (Å²) in [4.78, 5) is 43.9. The Morgan fingerprint density at radius 2 is 2.00 bits per heavy atom. The molecule has 0 aliphatic carbocycles. The molecule has 3 saturated heterocycles. The summed E-state index contributed by atoms with van der Waals surface area (Å²) in [6.45, 7) is 7.62. The first-order valence-electron chi connectivity index (χ1n) is 13.0. The number of rotatable bonds is 9. The molecule has 2 aromatic rings. The molecule has 0 unspecified atom stereocenters. The Labute approximate surface area is 216 Å². The number of hydrogen-bond acceptors (Lipinski definition) is 5. The van der Waals surface area contributed by atoms with Crippen molar-refractivity contribution in [3.63, 3.8) is 0 Å². The first-order valence-corrected chi connectivity index (χ1v) is 13.0. The number of hydrogen-bond donors (Lipinski definition) is 2. The largest absolute Gasteiger partial charge is 0.481 e. The number of aliphatic hydroxyl groups excluding tert-OH is 1. The molecule has 3 aliphatic rings.